The molecule has 0 radical (unpaired) electrons. The van der Waals surface area contributed by atoms with Gasteiger partial charge in [0.05, 0.1) is 0 Å². The van der Waals surface area contributed by atoms with Crippen LogP contribution in [0.25, 0.3) is 0 Å². The summed E-state index contributed by atoms with van der Waals surface area (Å²) in [6, 6.07) is 12.0. The highest BCUT2D eigenvalue weighted by Gasteiger charge is 2.31. The third kappa shape index (κ3) is 5.54. The molecule has 0 spiro atoms. The van der Waals surface area contributed by atoms with Crippen LogP contribution < -0.4 is 15.4 Å². The highest BCUT2D eigenvalue weighted by Crippen LogP contribution is 2.25. The molecule has 0 atom stereocenters. The molecule has 2 aromatic carbocycles. The van der Waals surface area contributed by atoms with E-state index < -0.39 is 6.36 Å². The van der Waals surface area contributed by atoms with E-state index in [1.165, 1.54) is 25.1 Å². The monoisotopic (exact) mass is 354 g/mol. The molecular weight excluding hydrogens is 341 g/mol. The second kappa shape index (κ2) is 7.31. The fraction of sp³-hybridized carbons (Fsp3) is 0.125. The molecule has 0 fully saturated rings. The molecule has 24 heavy (non-hydrogen) atoms. The SMILES string of the molecule is CC(=O)c1ccc(NC(=S)Nc2cccc(OC(F)(F)F)c2)cc1. The summed E-state index contributed by atoms with van der Waals surface area (Å²) in [5, 5.41) is 5.82. The van der Waals surface area contributed by atoms with Crippen LogP contribution in [0.5, 0.6) is 5.75 Å². The van der Waals surface area contributed by atoms with Crippen molar-refractivity contribution in [2.24, 2.45) is 0 Å². The first-order valence-corrected chi connectivity index (χ1v) is 7.18. The molecule has 2 N–H and O–H groups in total. The van der Waals surface area contributed by atoms with E-state index in [0.29, 0.717) is 16.9 Å². The molecule has 0 bridgehead atoms. The van der Waals surface area contributed by atoms with E-state index in [-0.39, 0.29) is 16.6 Å². The fourth-order valence-corrected chi connectivity index (χ4v) is 2.09. The summed E-state index contributed by atoms with van der Waals surface area (Å²) < 4.78 is 40.5. The molecule has 0 aliphatic carbocycles. The molecule has 0 aromatic heterocycles. The van der Waals surface area contributed by atoms with E-state index in [4.69, 9.17) is 12.2 Å². The van der Waals surface area contributed by atoms with Gasteiger partial charge in [-0.1, -0.05) is 6.07 Å². The third-order valence-electron chi connectivity index (χ3n) is 2.87. The van der Waals surface area contributed by atoms with E-state index in [1.807, 2.05) is 0 Å². The molecule has 0 heterocycles. The van der Waals surface area contributed by atoms with Gasteiger partial charge in [-0.15, -0.1) is 13.2 Å². The van der Waals surface area contributed by atoms with E-state index >= 15 is 0 Å². The number of hydrogen-bond acceptors (Lipinski definition) is 3. The molecular formula is C16H13F3N2O2S. The van der Waals surface area contributed by atoms with Gasteiger partial charge in [0.2, 0.25) is 0 Å². The maximum Gasteiger partial charge on any atom is 0.573 e. The topological polar surface area (TPSA) is 50.4 Å². The van der Waals surface area contributed by atoms with E-state index in [1.54, 1.807) is 30.3 Å². The van der Waals surface area contributed by atoms with Crippen molar-refractivity contribution in [2.45, 2.75) is 13.3 Å². The van der Waals surface area contributed by atoms with Crippen LogP contribution in [-0.4, -0.2) is 17.3 Å². The Hall–Kier alpha value is -2.61. The van der Waals surface area contributed by atoms with Crippen LogP contribution in [0.3, 0.4) is 0 Å². The van der Waals surface area contributed by atoms with Crippen LogP contribution in [0.2, 0.25) is 0 Å². The van der Waals surface area contributed by atoms with Gasteiger partial charge < -0.3 is 15.4 Å². The average Bonchev–Trinajstić information content (AvgIpc) is 2.46. The Bertz CT molecular complexity index is 746. The van der Waals surface area contributed by atoms with E-state index in [2.05, 4.69) is 15.4 Å². The van der Waals surface area contributed by atoms with Crippen molar-refractivity contribution in [3.8, 4) is 5.75 Å². The molecule has 8 heteroatoms. The molecule has 0 aliphatic rings. The lowest BCUT2D eigenvalue weighted by Crippen LogP contribution is -2.20. The fourth-order valence-electron chi connectivity index (χ4n) is 1.85. The predicted octanol–water partition coefficient (Wildman–Crippen LogP) is 4.60. The van der Waals surface area contributed by atoms with Crippen molar-refractivity contribution in [3.05, 3.63) is 54.1 Å². The first kappa shape index (κ1) is 17.7. The molecule has 0 aliphatic heterocycles. The van der Waals surface area contributed by atoms with Crippen molar-refractivity contribution in [1.29, 1.82) is 0 Å². The Morgan fingerprint density at radius 1 is 1.04 bits per heavy atom. The van der Waals surface area contributed by atoms with Crippen LogP contribution in [0.1, 0.15) is 17.3 Å². The zero-order chi connectivity index (χ0) is 17.7. The third-order valence-corrected chi connectivity index (χ3v) is 3.08. The van der Waals surface area contributed by atoms with Crippen molar-refractivity contribution in [3.63, 3.8) is 0 Å². The van der Waals surface area contributed by atoms with Crippen LogP contribution in [-0.2, 0) is 0 Å². The van der Waals surface area contributed by atoms with Gasteiger partial charge in [-0.25, -0.2) is 0 Å². The molecule has 4 nitrogen and oxygen atoms in total. The summed E-state index contributed by atoms with van der Waals surface area (Å²) in [5.74, 6) is -0.398. The molecule has 2 rings (SSSR count). The highest BCUT2D eigenvalue weighted by molar-refractivity contribution is 7.80. The Balaban J connectivity index is 1.99. The average molecular weight is 354 g/mol. The van der Waals surface area contributed by atoms with Gasteiger partial charge in [0.25, 0.3) is 0 Å². The second-order valence-corrected chi connectivity index (χ2v) is 5.20. The van der Waals surface area contributed by atoms with Gasteiger partial charge in [0.15, 0.2) is 10.9 Å². The quantitative estimate of drug-likeness (QED) is 0.621. The number of anilines is 2. The first-order chi connectivity index (χ1) is 11.2. The molecule has 126 valence electrons. The Labute approximate surface area is 141 Å². The molecule has 0 unspecified atom stereocenters. The number of carbonyl (C=O) groups is 1. The van der Waals surface area contributed by atoms with Crippen molar-refractivity contribution < 1.29 is 22.7 Å². The number of benzene rings is 2. The number of ketones is 1. The minimum absolute atomic E-state index is 0.0521. The molecule has 0 amide bonds. The Morgan fingerprint density at radius 2 is 1.67 bits per heavy atom. The summed E-state index contributed by atoms with van der Waals surface area (Å²) >= 11 is 5.10. The zero-order valence-electron chi connectivity index (χ0n) is 12.5. The van der Waals surface area contributed by atoms with Crippen LogP contribution >= 0.6 is 12.2 Å². The number of ether oxygens (including phenoxy) is 1. The van der Waals surface area contributed by atoms with Crippen LogP contribution in [0.15, 0.2) is 48.5 Å². The number of nitrogens with one attached hydrogen (secondary N) is 2. The van der Waals surface area contributed by atoms with Crippen molar-refractivity contribution in [2.75, 3.05) is 10.6 Å². The van der Waals surface area contributed by atoms with E-state index in [9.17, 15) is 18.0 Å². The van der Waals surface area contributed by atoms with Gasteiger partial charge >= 0.3 is 6.36 Å². The molecule has 0 saturated carbocycles. The number of carbonyl (C=O) groups excluding carboxylic acids is 1. The number of hydrogen-bond donors (Lipinski definition) is 2. The standard InChI is InChI=1S/C16H13F3N2O2S/c1-10(22)11-5-7-12(8-6-11)20-15(24)21-13-3-2-4-14(9-13)23-16(17,18)19/h2-9H,1H3,(H2,20,21,24). The summed E-state index contributed by atoms with van der Waals surface area (Å²) in [6.07, 6.45) is -4.75. The number of Topliss-reactive ketones (excluding diaryl/α,β-unsaturated/α-hetero) is 1. The zero-order valence-corrected chi connectivity index (χ0v) is 13.3. The summed E-state index contributed by atoms with van der Waals surface area (Å²) in [5.41, 5.74) is 1.55. The van der Waals surface area contributed by atoms with Crippen LogP contribution in [0, 0.1) is 0 Å². The first-order valence-electron chi connectivity index (χ1n) is 6.78. The highest BCUT2D eigenvalue weighted by atomic mass is 32.1. The van der Waals surface area contributed by atoms with Crippen molar-refractivity contribution in [1.82, 2.24) is 0 Å². The van der Waals surface area contributed by atoms with E-state index in [0.717, 1.165) is 0 Å². The largest absolute Gasteiger partial charge is 0.573 e. The van der Waals surface area contributed by atoms with Gasteiger partial charge in [-0.2, -0.15) is 0 Å². The number of alkyl halides is 3. The van der Waals surface area contributed by atoms with Gasteiger partial charge in [0.1, 0.15) is 5.75 Å². The van der Waals surface area contributed by atoms with Gasteiger partial charge in [-0.3, -0.25) is 4.79 Å². The lowest BCUT2D eigenvalue weighted by atomic mass is 10.1. The minimum Gasteiger partial charge on any atom is -0.406 e. The number of halogens is 3. The predicted molar refractivity (Wildman–Crippen MR) is 89.4 cm³/mol. The normalized spacial score (nSPS) is 10.8. The van der Waals surface area contributed by atoms with Gasteiger partial charge in [-0.05, 0) is 55.5 Å². The molecule has 2 aromatic rings. The minimum atomic E-state index is -4.75. The lowest BCUT2D eigenvalue weighted by molar-refractivity contribution is -0.274. The number of thiocarbonyl (C=S) groups is 1. The van der Waals surface area contributed by atoms with Gasteiger partial charge in [0, 0.05) is 23.0 Å². The second-order valence-electron chi connectivity index (χ2n) is 4.79. The summed E-state index contributed by atoms with van der Waals surface area (Å²) in [7, 11) is 0. The summed E-state index contributed by atoms with van der Waals surface area (Å²) in [6.45, 7) is 1.46. The smallest absolute Gasteiger partial charge is 0.406 e. The van der Waals surface area contributed by atoms with Crippen LogP contribution in [0.4, 0.5) is 24.5 Å². The maximum atomic E-state index is 12.2. The lowest BCUT2D eigenvalue weighted by Gasteiger charge is -2.13. The summed E-state index contributed by atoms with van der Waals surface area (Å²) in [4.78, 5) is 11.2. The Morgan fingerprint density at radius 3 is 2.25 bits per heavy atom. The van der Waals surface area contributed by atoms with Crippen molar-refractivity contribution >= 4 is 34.5 Å². The Kier molecular flexibility index (Phi) is 5.40. The molecule has 0 saturated heterocycles. The number of rotatable bonds is 4. The maximum absolute atomic E-state index is 12.2.